The Bertz CT molecular complexity index is 944. The van der Waals surface area contributed by atoms with Gasteiger partial charge in [0.2, 0.25) is 0 Å². The van der Waals surface area contributed by atoms with Gasteiger partial charge in [-0.3, -0.25) is 15.3 Å². The molecule has 0 fully saturated rings. The van der Waals surface area contributed by atoms with Crippen LogP contribution in [0.2, 0.25) is 0 Å². The van der Waals surface area contributed by atoms with Crippen molar-refractivity contribution >= 4 is 29.4 Å². The molecule has 3 heterocycles. The minimum Gasteiger partial charge on any atom is -0.354 e. The number of amides is 2. The zero-order valence-corrected chi connectivity index (χ0v) is 14.7. The number of anilines is 3. The van der Waals surface area contributed by atoms with Gasteiger partial charge in [0.15, 0.2) is 0 Å². The fourth-order valence-electron chi connectivity index (χ4n) is 2.38. The molecule has 0 aliphatic carbocycles. The van der Waals surface area contributed by atoms with Crippen molar-refractivity contribution < 1.29 is 4.79 Å². The highest BCUT2D eigenvalue weighted by Gasteiger charge is 2.08. The average Bonchev–Trinajstić information content (AvgIpc) is 2.68. The zero-order valence-electron chi connectivity index (χ0n) is 14.7. The molecule has 0 unspecified atom stereocenters. The second kappa shape index (κ2) is 8.52. The Hall–Kier alpha value is -3.81. The molecule has 0 saturated carbocycles. The van der Waals surface area contributed by atoms with Crippen LogP contribution < -0.4 is 16.0 Å². The molecule has 0 bridgehead atoms. The van der Waals surface area contributed by atoms with E-state index in [0.717, 1.165) is 17.1 Å². The second-order valence-corrected chi connectivity index (χ2v) is 5.74. The van der Waals surface area contributed by atoms with E-state index in [1.807, 2.05) is 37.3 Å². The minimum atomic E-state index is -0.394. The molecule has 0 atom stereocenters. The third-order valence-electron chi connectivity index (χ3n) is 3.66. The van der Waals surface area contributed by atoms with Crippen LogP contribution in [0.1, 0.15) is 17.0 Å². The molecule has 3 rings (SSSR count). The minimum absolute atomic E-state index is 0.311. The number of nitrogens with zero attached hydrogens (tertiary/aromatic N) is 3. The fourth-order valence-corrected chi connectivity index (χ4v) is 2.38. The average molecular weight is 361 g/mol. The first kappa shape index (κ1) is 18.0. The summed E-state index contributed by atoms with van der Waals surface area (Å²) in [6, 6.07) is 10.5. The molecule has 0 spiro atoms. The summed E-state index contributed by atoms with van der Waals surface area (Å²) in [5, 5.41) is 16.2. The number of nitrogens with one attached hydrogen (secondary N) is 4. The summed E-state index contributed by atoms with van der Waals surface area (Å²) in [6.45, 7) is 2.21. The molecule has 2 amide bonds. The quantitative estimate of drug-likeness (QED) is 0.503. The van der Waals surface area contributed by atoms with E-state index in [1.54, 1.807) is 24.7 Å². The molecule has 0 saturated heterocycles. The van der Waals surface area contributed by atoms with Gasteiger partial charge in [-0.25, -0.2) is 9.78 Å². The summed E-state index contributed by atoms with van der Waals surface area (Å²) in [4.78, 5) is 24.6. The van der Waals surface area contributed by atoms with E-state index in [0.29, 0.717) is 23.6 Å². The van der Waals surface area contributed by atoms with E-state index in [9.17, 15) is 4.79 Å². The van der Waals surface area contributed by atoms with Gasteiger partial charge >= 0.3 is 6.03 Å². The molecule has 0 aliphatic rings. The maximum absolute atomic E-state index is 12.0. The van der Waals surface area contributed by atoms with Crippen LogP contribution in [0.25, 0.3) is 0 Å². The third-order valence-corrected chi connectivity index (χ3v) is 3.66. The normalized spacial score (nSPS) is 10.1. The topological polar surface area (TPSA) is 116 Å². The van der Waals surface area contributed by atoms with Gasteiger partial charge in [0.25, 0.3) is 0 Å². The number of rotatable bonds is 6. The van der Waals surface area contributed by atoms with Crippen LogP contribution in [-0.4, -0.2) is 27.2 Å². The Labute approximate surface area is 156 Å². The summed E-state index contributed by atoms with van der Waals surface area (Å²) in [5.41, 5.74) is 3.75. The summed E-state index contributed by atoms with van der Waals surface area (Å²) < 4.78 is 0. The van der Waals surface area contributed by atoms with Crippen LogP contribution in [0.15, 0.2) is 55.0 Å². The van der Waals surface area contributed by atoms with Gasteiger partial charge in [0.05, 0.1) is 24.1 Å². The van der Waals surface area contributed by atoms with Gasteiger partial charge in [-0.1, -0.05) is 6.07 Å². The molecule has 8 heteroatoms. The first-order valence-corrected chi connectivity index (χ1v) is 8.29. The Morgan fingerprint density at radius 2 is 2.04 bits per heavy atom. The van der Waals surface area contributed by atoms with Crippen molar-refractivity contribution in [1.29, 1.82) is 5.41 Å². The number of carbonyl (C=O) groups is 1. The van der Waals surface area contributed by atoms with Gasteiger partial charge in [-0.05, 0) is 37.3 Å². The van der Waals surface area contributed by atoms with Crippen LogP contribution in [-0.2, 0) is 6.54 Å². The van der Waals surface area contributed by atoms with Crippen molar-refractivity contribution in [3.05, 3.63) is 71.9 Å². The van der Waals surface area contributed by atoms with Gasteiger partial charge in [0.1, 0.15) is 5.82 Å². The van der Waals surface area contributed by atoms with Crippen LogP contribution in [0.4, 0.5) is 22.0 Å². The van der Waals surface area contributed by atoms with Crippen molar-refractivity contribution in [2.45, 2.75) is 13.5 Å². The molecular weight excluding hydrogens is 342 g/mol. The predicted octanol–water partition coefficient (Wildman–Crippen LogP) is 3.24. The Morgan fingerprint density at radius 1 is 1.15 bits per heavy atom. The van der Waals surface area contributed by atoms with E-state index >= 15 is 0 Å². The molecule has 3 aromatic heterocycles. The first-order chi connectivity index (χ1) is 13.1. The van der Waals surface area contributed by atoms with E-state index in [-0.39, 0.29) is 0 Å². The lowest BCUT2D eigenvalue weighted by molar-refractivity contribution is 0.251. The number of carbonyl (C=O) groups excluding carboxylic acids is 1. The summed E-state index contributed by atoms with van der Waals surface area (Å²) in [5.74, 6) is 0.350. The largest absolute Gasteiger partial charge is 0.354 e. The second-order valence-electron chi connectivity index (χ2n) is 5.74. The molecule has 0 radical (unpaired) electrons. The lowest BCUT2D eigenvalue weighted by atomic mass is 10.2. The van der Waals surface area contributed by atoms with Gasteiger partial charge in [-0.2, -0.15) is 0 Å². The standard InChI is InChI=1S/C19H19N7O/c1-13-8-15(5-7-21-13)25-17-12-23-18(9-14(17)10-20)26-19(27)24-11-16-4-2-3-6-22-16/h2-10,12,20H,11H2,1H3,(H,21,25)(H2,23,24,26,27). The summed E-state index contributed by atoms with van der Waals surface area (Å²) >= 11 is 0. The maximum atomic E-state index is 12.0. The van der Waals surface area contributed by atoms with E-state index in [4.69, 9.17) is 5.41 Å². The monoisotopic (exact) mass is 361 g/mol. The number of aryl methyl sites for hydroxylation is 1. The lowest BCUT2D eigenvalue weighted by Crippen LogP contribution is -2.28. The van der Waals surface area contributed by atoms with Crippen LogP contribution in [0, 0.1) is 12.3 Å². The highest BCUT2D eigenvalue weighted by Crippen LogP contribution is 2.21. The third kappa shape index (κ3) is 5.08. The number of hydrogen-bond acceptors (Lipinski definition) is 6. The Balaban J connectivity index is 1.64. The van der Waals surface area contributed by atoms with Crippen molar-refractivity contribution in [3.63, 3.8) is 0 Å². The number of aromatic nitrogens is 3. The van der Waals surface area contributed by atoms with Crippen LogP contribution >= 0.6 is 0 Å². The van der Waals surface area contributed by atoms with Crippen LogP contribution in [0.3, 0.4) is 0 Å². The van der Waals surface area contributed by atoms with Crippen LogP contribution in [0.5, 0.6) is 0 Å². The molecule has 27 heavy (non-hydrogen) atoms. The molecule has 0 aromatic carbocycles. The zero-order chi connectivity index (χ0) is 19.1. The van der Waals surface area contributed by atoms with Gasteiger partial charge in [0, 0.05) is 35.6 Å². The molecule has 0 aliphatic heterocycles. The van der Waals surface area contributed by atoms with E-state index < -0.39 is 6.03 Å². The molecule has 136 valence electrons. The number of hydrogen-bond donors (Lipinski definition) is 4. The van der Waals surface area contributed by atoms with Crippen molar-refractivity contribution in [2.75, 3.05) is 10.6 Å². The molecular formula is C19H19N7O. The number of pyridine rings is 3. The highest BCUT2D eigenvalue weighted by molar-refractivity contribution is 5.92. The first-order valence-electron chi connectivity index (χ1n) is 8.29. The Morgan fingerprint density at radius 3 is 2.78 bits per heavy atom. The van der Waals surface area contributed by atoms with Gasteiger partial charge in [-0.15, -0.1) is 0 Å². The summed E-state index contributed by atoms with van der Waals surface area (Å²) in [6.07, 6.45) is 6.15. The molecule has 8 nitrogen and oxygen atoms in total. The molecule has 3 aromatic rings. The van der Waals surface area contributed by atoms with Crippen molar-refractivity contribution in [2.24, 2.45) is 0 Å². The predicted molar refractivity (Wildman–Crippen MR) is 104 cm³/mol. The highest BCUT2D eigenvalue weighted by atomic mass is 16.2. The lowest BCUT2D eigenvalue weighted by Gasteiger charge is -2.12. The van der Waals surface area contributed by atoms with Crippen molar-refractivity contribution in [3.8, 4) is 0 Å². The maximum Gasteiger partial charge on any atom is 0.320 e. The van der Waals surface area contributed by atoms with Crippen molar-refractivity contribution in [1.82, 2.24) is 20.3 Å². The number of urea groups is 1. The van der Waals surface area contributed by atoms with E-state index in [2.05, 4.69) is 30.9 Å². The SMILES string of the molecule is Cc1cc(Nc2cnc(NC(=O)NCc3ccccn3)cc2C=N)ccn1. The molecule has 4 N–H and O–H groups in total. The smallest absolute Gasteiger partial charge is 0.320 e. The van der Waals surface area contributed by atoms with E-state index in [1.165, 1.54) is 6.21 Å². The summed E-state index contributed by atoms with van der Waals surface area (Å²) in [7, 11) is 0. The Kier molecular flexibility index (Phi) is 5.68. The van der Waals surface area contributed by atoms with Gasteiger partial charge < -0.3 is 16.0 Å². The fraction of sp³-hybridized carbons (Fsp3) is 0.105.